The van der Waals surface area contributed by atoms with Crippen LogP contribution in [0.25, 0.3) is 0 Å². The summed E-state index contributed by atoms with van der Waals surface area (Å²) in [6.07, 6.45) is 3.98. The molecule has 5 rings (SSSR count). The van der Waals surface area contributed by atoms with Crippen LogP contribution in [0.15, 0.2) is 36.9 Å². The number of hydrogen-bond acceptors (Lipinski definition) is 6. The van der Waals surface area contributed by atoms with Crippen molar-refractivity contribution in [3.8, 4) is 11.5 Å². The lowest BCUT2D eigenvalue weighted by Crippen LogP contribution is -2.76. The zero-order valence-electron chi connectivity index (χ0n) is 13.4. The fourth-order valence-electron chi connectivity index (χ4n) is 5.24. The molecule has 0 unspecified atom stereocenters. The molecule has 6 nitrogen and oxygen atoms in total. The van der Waals surface area contributed by atoms with Gasteiger partial charge in [0.05, 0.1) is 5.41 Å². The molecule has 4 aliphatic rings. The van der Waals surface area contributed by atoms with Gasteiger partial charge in [0.1, 0.15) is 11.6 Å². The minimum Gasteiger partial charge on any atom is -0.504 e. The number of ether oxygens (including phenoxy) is 1. The van der Waals surface area contributed by atoms with Gasteiger partial charge in [-0.15, -0.1) is 6.58 Å². The summed E-state index contributed by atoms with van der Waals surface area (Å²) in [6.45, 7) is 4.73. The second kappa shape index (κ2) is 4.39. The number of Topliss-reactive ketones (excluding diaryl/α,β-unsaturated/α-hetero) is 1. The Labute approximate surface area is 144 Å². The maximum atomic E-state index is 13.2. The quantitative estimate of drug-likeness (QED) is 0.772. The van der Waals surface area contributed by atoms with E-state index in [0.717, 1.165) is 0 Å². The van der Waals surface area contributed by atoms with Crippen molar-refractivity contribution >= 4 is 11.6 Å². The van der Waals surface area contributed by atoms with Crippen LogP contribution in [0.3, 0.4) is 0 Å². The molecule has 6 heteroatoms. The average molecular weight is 339 g/mol. The third-order valence-corrected chi connectivity index (χ3v) is 6.19. The highest BCUT2D eigenvalue weighted by atomic mass is 16.5. The Morgan fingerprint density at radius 3 is 2.96 bits per heavy atom. The van der Waals surface area contributed by atoms with Gasteiger partial charge in [0.25, 0.3) is 0 Å². The van der Waals surface area contributed by atoms with E-state index in [0.29, 0.717) is 30.6 Å². The molecule has 25 heavy (non-hydrogen) atoms. The fourth-order valence-corrected chi connectivity index (χ4v) is 5.24. The van der Waals surface area contributed by atoms with Crippen LogP contribution in [0.5, 0.6) is 11.5 Å². The number of phenolic OH excluding ortho intramolecular Hbond substituents is 1. The Balaban J connectivity index is 1.88. The molecule has 1 aromatic carbocycles. The van der Waals surface area contributed by atoms with Crippen molar-refractivity contribution in [3.05, 3.63) is 48.1 Å². The molecule has 0 aromatic heterocycles. The predicted molar refractivity (Wildman–Crippen MR) is 87.8 cm³/mol. The molecular formula is C19H17NO5. The first-order valence-corrected chi connectivity index (χ1v) is 8.33. The van der Waals surface area contributed by atoms with Gasteiger partial charge in [0.15, 0.2) is 29.2 Å². The highest BCUT2D eigenvalue weighted by Gasteiger charge is 2.74. The molecular weight excluding hydrogens is 322 g/mol. The summed E-state index contributed by atoms with van der Waals surface area (Å²) in [5.74, 6) is -0.435. The summed E-state index contributed by atoms with van der Waals surface area (Å²) in [4.78, 5) is 27.7. The molecule has 0 saturated carbocycles. The van der Waals surface area contributed by atoms with E-state index in [2.05, 4.69) is 6.58 Å². The smallest absolute Gasteiger partial charge is 0.196 e. The third-order valence-electron chi connectivity index (χ3n) is 6.19. The maximum Gasteiger partial charge on any atom is 0.196 e. The monoisotopic (exact) mass is 339 g/mol. The van der Waals surface area contributed by atoms with Gasteiger partial charge in [-0.25, -0.2) is 0 Å². The molecule has 1 saturated heterocycles. The molecule has 4 atom stereocenters. The molecule has 2 bridgehead atoms. The Bertz CT molecular complexity index is 890. The molecule has 0 amide bonds. The van der Waals surface area contributed by atoms with E-state index in [1.54, 1.807) is 12.1 Å². The molecule has 0 radical (unpaired) electrons. The van der Waals surface area contributed by atoms with Gasteiger partial charge in [-0.3, -0.25) is 14.5 Å². The van der Waals surface area contributed by atoms with Crippen LogP contribution >= 0.6 is 0 Å². The van der Waals surface area contributed by atoms with E-state index in [9.17, 15) is 19.8 Å². The maximum absolute atomic E-state index is 13.2. The number of ketones is 2. The van der Waals surface area contributed by atoms with Crippen LogP contribution in [-0.2, 0) is 10.2 Å². The second-order valence-electron chi connectivity index (χ2n) is 7.17. The Morgan fingerprint density at radius 1 is 1.40 bits per heavy atom. The summed E-state index contributed by atoms with van der Waals surface area (Å²) < 4.78 is 5.83. The normalized spacial score (nSPS) is 37.6. The van der Waals surface area contributed by atoms with Gasteiger partial charge in [-0.05, 0) is 30.7 Å². The zero-order valence-corrected chi connectivity index (χ0v) is 13.4. The van der Waals surface area contributed by atoms with E-state index < -0.39 is 23.2 Å². The number of aliphatic hydroxyl groups is 1. The highest BCUT2D eigenvalue weighted by molar-refractivity contribution is 6.09. The molecule has 2 heterocycles. The number of likely N-dealkylation sites (tertiary alicyclic amines) is 1. The number of carbonyl (C=O) groups is 2. The third kappa shape index (κ3) is 1.41. The fraction of sp³-hybridized carbons (Fsp3) is 0.368. The van der Waals surface area contributed by atoms with Crippen LogP contribution in [0.2, 0.25) is 0 Å². The van der Waals surface area contributed by atoms with Crippen molar-refractivity contribution in [1.29, 1.82) is 0 Å². The van der Waals surface area contributed by atoms with Crippen molar-refractivity contribution < 1.29 is 24.5 Å². The largest absolute Gasteiger partial charge is 0.504 e. The lowest BCUT2D eigenvalue weighted by molar-refractivity contribution is -0.146. The van der Waals surface area contributed by atoms with Gasteiger partial charge in [-0.2, -0.15) is 0 Å². The summed E-state index contributed by atoms with van der Waals surface area (Å²) in [5.41, 5.74) is -1.70. The number of hydrogen-bond donors (Lipinski definition) is 2. The minimum atomic E-state index is -1.56. The average Bonchev–Trinajstić information content (AvgIpc) is 2.94. The summed E-state index contributed by atoms with van der Waals surface area (Å²) in [6, 6.07) is 2.17. The van der Waals surface area contributed by atoms with Gasteiger partial charge in [0, 0.05) is 24.2 Å². The van der Waals surface area contributed by atoms with Crippen molar-refractivity contribution in [1.82, 2.24) is 4.90 Å². The van der Waals surface area contributed by atoms with Crippen LogP contribution < -0.4 is 4.74 Å². The van der Waals surface area contributed by atoms with Crippen molar-refractivity contribution in [2.75, 3.05) is 13.1 Å². The lowest BCUT2D eigenvalue weighted by atomic mass is 9.50. The minimum absolute atomic E-state index is 0.113. The van der Waals surface area contributed by atoms with Crippen molar-refractivity contribution in [2.45, 2.75) is 29.6 Å². The Hall–Kier alpha value is -2.44. The second-order valence-corrected chi connectivity index (χ2v) is 7.17. The highest BCUT2D eigenvalue weighted by Crippen LogP contribution is 2.63. The van der Waals surface area contributed by atoms with Crippen molar-refractivity contribution in [3.63, 3.8) is 0 Å². The van der Waals surface area contributed by atoms with E-state index in [-0.39, 0.29) is 23.1 Å². The summed E-state index contributed by atoms with van der Waals surface area (Å²) in [5, 5.41) is 21.9. The number of rotatable bonds is 2. The molecule has 2 aliphatic heterocycles. The first-order valence-electron chi connectivity index (χ1n) is 8.33. The number of aromatic hydroxyl groups is 1. The van der Waals surface area contributed by atoms with Crippen LogP contribution in [0.4, 0.5) is 0 Å². The van der Waals surface area contributed by atoms with E-state index >= 15 is 0 Å². The Morgan fingerprint density at radius 2 is 2.20 bits per heavy atom. The number of benzene rings is 1. The first-order chi connectivity index (χ1) is 12.0. The number of carbonyl (C=O) groups excluding carboxylic acids is 2. The van der Waals surface area contributed by atoms with Crippen LogP contribution in [0, 0.1) is 0 Å². The molecule has 1 spiro atoms. The van der Waals surface area contributed by atoms with Gasteiger partial charge in [-0.1, -0.05) is 6.08 Å². The molecule has 128 valence electrons. The SMILES string of the molecule is C=CCN1CC[C@]23c4c5ccc(O)c4O[C@H]2C(=O)C=C[C@@]3(O)[C@H]1C5=O. The van der Waals surface area contributed by atoms with E-state index in [1.807, 2.05) is 4.90 Å². The molecule has 2 N–H and O–H groups in total. The standard InChI is InChI=1S/C19H17NO5/c1-2-8-20-9-7-18-13-10-3-4-11(21)15(13)25-17(18)12(22)5-6-19(18,24)16(20)14(10)23/h2-6,16-17,21,24H,1,7-9H2/t16-,17+,18+,19-/m1/s1. The molecule has 1 fully saturated rings. The molecule has 1 aromatic rings. The number of phenols is 1. The number of piperidine rings is 1. The predicted octanol–water partition coefficient (Wildman–Crippen LogP) is 0.718. The van der Waals surface area contributed by atoms with Crippen molar-refractivity contribution in [2.24, 2.45) is 0 Å². The summed E-state index contributed by atoms with van der Waals surface area (Å²) in [7, 11) is 0. The van der Waals surface area contributed by atoms with Gasteiger partial charge >= 0.3 is 0 Å². The molecule has 2 aliphatic carbocycles. The Kier molecular flexibility index (Phi) is 2.61. The van der Waals surface area contributed by atoms with E-state index in [1.165, 1.54) is 18.2 Å². The van der Waals surface area contributed by atoms with Crippen LogP contribution in [-0.4, -0.2) is 57.5 Å². The van der Waals surface area contributed by atoms with Crippen LogP contribution in [0.1, 0.15) is 22.3 Å². The zero-order chi connectivity index (χ0) is 17.6. The van der Waals surface area contributed by atoms with E-state index in [4.69, 9.17) is 4.74 Å². The first kappa shape index (κ1) is 14.9. The lowest BCUT2D eigenvalue weighted by Gasteiger charge is -2.59. The summed E-state index contributed by atoms with van der Waals surface area (Å²) >= 11 is 0. The topological polar surface area (TPSA) is 87.1 Å². The number of nitrogens with zero attached hydrogens (tertiary/aromatic N) is 1. The van der Waals surface area contributed by atoms with Gasteiger partial charge < -0.3 is 14.9 Å². The van der Waals surface area contributed by atoms with Gasteiger partial charge in [0.2, 0.25) is 0 Å².